The zero-order chi connectivity index (χ0) is 13.9. The van der Waals surface area contributed by atoms with E-state index in [0.29, 0.717) is 17.3 Å². The molecular formula is C15H17F2N3. The maximum atomic E-state index is 12.9. The molecule has 0 unspecified atom stereocenters. The standard InChI is InChI=1S/C15H17F2N3/c16-13(17)15-19-12-8-4-3-7-11(12)14(20-15)18-9-10-5-1-2-6-10/h3-4,7-8,10,13H,1-2,5-6,9H2,(H,18,19,20). The summed E-state index contributed by atoms with van der Waals surface area (Å²) < 4.78 is 25.7. The number of hydrogen-bond acceptors (Lipinski definition) is 3. The molecule has 0 amide bonds. The molecule has 3 nitrogen and oxygen atoms in total. The van der Waals surface area contributed by atoms with Crippen LogP contribution in [0.5, 0.6) is 0 Å². The van der Waals surface area contributed by atoms with Crippen LogP contribution in [-0.4, -0.2) is 16.5 Å². The van der Waals surface area contributed by atoms with Crippen LogP contribution in [0, 0.1) is 5.92 Å². The lowest BCUT2D eigenvalue weighted by atomic mass is 10.1. The van der Waals surface area contributed by atoms with Gasteiger partial charge in [0.1, 0.15) is 5.82 Å². The molecule has 1 aromatic heterocycles. The number of halogens is 2. The lowest BCUT2D eigenvalue weighted by Gasteiger charge is -2.13. The molecule has 1 aromatic carbocycles. The second-order valence-corrected chi connectivity index (χ2v) is 5.28. The molecule has 3 rings (SSSR count). The second-order valence-electron chi connectivity index (χ2n) is 5.28. The minimum absolute atomic E-state index is 0.405. The fourth-order valence-corrected chi connectivity index (χ4v) is 2.78. The number of benzene rings is 1. The van der Waals surface area contributed by atoms with Crippen LogP contribution in [0.25, 0.3) is 10.9 Å². The van der Waals surface area contributed by atoms with Gasteiger partial charge < -0.3 is 5.32 Å². The van der Waals surface area contributed by atoms with E-state index in [9.17, 15) is 8.78 Å². The van der Waals surface area contributed by atoms with Crippen LogP contribution in [-0.2, 0) is 0 Å². The van der Waals surface area contributed by atoms with Gasteiger partial charge in [0.15, 0.2) is 5.82 Å². The Morgan fingerprint density at radius 3 is 2.65 bits per heavy atom. The third-order valence-electron chi connectivity index (χ3n) is 3.85. The predicted octanol–water partition coefficient (Wildman–Crippen LogP) is 4.17. The van der Waals surface area contributed by atoms with E-state index in [4.69, 9.17) is 0 Å². The number of fused-ring (bicyclic) bond motifs is 1. The van der Waals surface area contributed by atoms with Crippen LogP contribution in [0.3, 0.4) is 0 Å². The third-order valence-corrected chi connectivity index (χ3v) is 3.85. The normalized spacial score (nSPS) is 16.1. The largest absolute Gasteiger partial charge is 0.369 e. The van der Waals surface area contributed by atoms with Crippen LogP contribution in [0.1, 0.15) is 37.9 Å². The van der Waals surface area contributed by atoms with E-state index in [2.05, 4.69) is 15.3 Å². The fourth-order valence-electron chi connectivity index (χ4n) is 2.78. The summed E-state index contributed by atoms with van der Waals surface area (Å²) >= 11 is 0. The lowest BCUT2D eigenvalue weighted by molar-refractivity contribution is 0.141. The van der Waals surface area contributed by atoms with Crippen molar-refractivity contribution in [3.8, 4) is 0 Å². The number of hydrogen-bond donors (Lipinski definition) is 1. The van der Waals surface area contributed by atoms with Gasteiger partial charge in [0.05, 0.1) is 5.52 Å². The Bertz CT molecular complexity index is 595. The number of alkyl halides is 2. The zero-order valence-corrected chi connectivity index (χ0v) is 11.1. The van der Waals surface area contributed by atoms with E-state index in [1.54, 1.807) is 12.1 Å². The summed E-state index contributed by atoms with van der Waals surface area (Å²) in [6, 6.07) is 7.27. The van der Waals surface area contributed by atoms with Gasteiger partial charge in [-0.3, -0.25) is 0 Å². The third kappa shape index (κ3) is 2.71. The van der Waals surface area contributed by atoms with Gasteiger partial charge in [-0.05, 0) is 30.9 Å². The highest BCUT2D eigenvalue weighted by molar-refractivity contribution is 5.88. The van der Waals surface area contributed by atoms with Crippen molar-refractivity contribution >= 4 is 16.7 Å². The maximum absolute atomic E-state index is 12.9. The van der Waals surface area contributed by atoms with Crippen molar-refractivity contribution in [2.45, 2.75) is 32.1 Å². The van der Waals surface area contributed by atoms with Crippen molar-refractivity contribution in [3.63, 3.8) is 0 Å². The summed E-state index contributed by atoms with van der Waals surface area (Å²) in [5.41, 5.74) is 0.562. The molecule has 1 heterocycles. The van der Waals surface area contributed by atoms with Crippen molar-refractivity contribution in [2.75, 3.05) is 11.9 Å². The van der Waals surface area contributed by atoms with E-state index in [1.165, 1.54) is 25.7 Å². The first-order valence-electron chi connectivity index (χ1n) is 7.03. The van der Waals surface area contributed by atoms with Crippen molar-refractivity contribution in [1.29, 1.82) is 0 Å². The van der Waals surface area contributed by atoms with Crippen LogP contribution in [0.15, 0.2) is 24.3 Å². The first kappa shape index (κ1) is 13.2. The van der Waals surface area contributed by atoms with Crippen molar-refractivity contribution in [2.24, 2.45) is 5.92 Å². The van der Waals surface area contributed by atoms with E-state index < -0.39 is 12.2 Å². The molecule has 5 heteroatoms. The molecule has 0 bridgehead atoms. The minimum atomic E-state index is -2.65. The molecule has 0 radical (unpaired) electrons. The zero-order valence-electron chi connectivity index (χ0n) is 11.1. The Morgan fingerprint density at radius 1 is 1.15 bits per heavy atom. The predicted molar refractivity (Wildman–Crippen MR) is 74.9 cm³/mol. The van der Waals surface area contributed by atoms with E-state index >= 15 is 0 Å². The summed E-state index contributed by atoms with van der Waals surface area (Å²) in [5, 5.41) is 4.04. The Kier molecular flexibility index (Phi) is 3.76. The van der Waals surface area contributed by atoms with Gasteiger partial charge in [0.25, 0.3) is 6.43 Å². The van der Waals surface area contributed by atoms with Gasteiger partial charge in [-0.2, -0.15) is 0 Å². The van der Waals surface area contributed by atoms with E-state index in [1.807, 2.05) is 12.1 Å². The molecule has 0 saturated heterocycles. The van der Waals surface area contributed by atoms with Gasteiger partial charge in [-0.1, -0.05) is 25.0 Å². The first-order valence-corrected chi connectivity index (χ1v) is 7.03. The fraction of sp³-hybridized carbons (Fsp3) is 0.467. The Hall–Kier alpha value is -1.78. The van der Waals surface area contributed by atoms with E-state index in [0.717, 1.165) is 11.9 Å². The molecule has 20 heavy (non-hydrogen) atoms. The molecule has 0 spiro atoms. The van der Waals surface area contributed by atoms with Crippen molar-refractivity contribution in [1.82, 2.24) is 9.97 Å². The maximum Gasteiger partial charge on any atom is 0.297 e. The first-order chi connectivity index (χ1) is 9.74. The number of rotatable bonds is 4. The average Bonchev–Trinajstić information content (AvgIpc) is 2.97. The molecule has 2 aromatic rings. The molecule has 1 aliphatic rings. The molecule has 1 N–H and O–H groups in total. The molecule has 0 atom stereocenters. The highest BCUT2D eigenvalue weighted by Gasteiger charge is 2.17. The lowest BCUT2D eigenvalue weighted by Crippen LogP contribution is -2.13. The summed E-state index contributed by atoms with van der Waals surface area (Å²) in [5.74, 6) is 0.745. The van der Waals surface area contributed by atoms with Gasteiger partial charge >= 0.3 is 0 Å². The topological polar surface area (TPSA) is 37.8 Å². The summed E-state index contributed by atoms with van der Waals surface area (Å²) in [7, 11) is 0. The second kappa shape index (κ2) is 5.69. The molecule has 0 aliphatic heterocycles. The average molecular weight is 277 g/mol. The number of aromatic nitrogens is 2. The van der Waals surface area contributed by atoms with Crippen LogP contribution < -0.4 is 5.32 Å². The highest BCUT2D eigenvalue weighted by Crippen LogP contribution is 2.27. The molecule has 106 valence electrons. The SMILES string of the molecule is FC(F)c1nc(NCC2CCCC2)c2ccccc2n1. The molecule has 1 aliphatic carbocycles. The van der Waals surface area contributed by atoms with Gasteiger partial charge in [0.2, 0.25) is 0 Å². The van der Waals surface area contributed by atoms with Gasteiger partial charge in [0, 0.05) is 11.9 Å². The summed E-state index contributed by atoms with van der Waals surface area (Å²) in [4.78, 5) is 7.90. The Balaban J connectivity index is 1.90. The molecule has 1 saturated carbocycles. The van der Waals surface area contributed by atoms with Crippen LogP contribution >= 0.6 is 0 Å². The quantitative estimate of drug-likeness (QED) is 0.911. The van der Waals surface area contributed by atoms with Crippen molar-refractivity contribution in [3.05, 3.63) is 30.1 Å². The Morgan fingerprint density at radius 2 is 1.90 bits per heavy atom. The molecule has 1 fully saturated rings. The minimum Gasteiger partial charge on any atom is -0.369 e. The summed E-state index contributed by atoms with van der Waals surface area (Å²) in [6.45, 7) is 0.795. The van der Waals surface area contributed by atoms with Crippen LogP contribution in [0.4, 0.5) is 14.6 Å². The smallest absolute Gasteiger partial charge is 0.297 e. The van der Waals surface area contributed by atoms with Crippen LogP contribution in [0.2, 0.25) is 0 Å². The number of anilines is 1. The highest BCUT2D eigenvalue weighted by atomic mass is 19.3. The van der Waals surface area contributed by atoms with Gasteiger partial charge in [-0.15, -0.1) is 0 Å². The monoisotopic (exact) mass is 277 g/mol. The summed E-state index contributed by atoms with van der Waals surface area (Å²) in [6.07, 6.45) is 2.29. The number of nitrogens with zero attached hydrogens (tertiary/aromatic N) is 2. The van der Waals surface area contributed by atoms with Gasteiger partial charge in [-0.25, -0.2) is 18.7 Å². The van der Waals surface area contributed by atoms with E-state index in [-0.39, 0.29) is 0 Å². The van der Waals surface area contributed by atoms with Crippen molar-refractivity contribution < 1.29 is 8.78 Å². The molecular weight excluding hydrogens is 260 g/mol. The number of para-hydroxylation sites is 1. The Labute approximate surface area is 116 Å². The number of nitrogens with one attached hydrogen (secondary N) is 1.